The maximum absolute atomic E-state index is 13.1. The maximum Gasteiger partial charge on any atom is 0.316 e. The number of methoxy groups -OCH3 is 2. The average molecular weight is 359 g/mol. The molecule has 0 saturated carbocycles. The maximum atomic E-state index is 13.1. The number of carbonyl (C=O) groups excluding carboxylic acids is 3. The van der Waals surface area contributed by atoms with Crippen LogP contribution in [-0.2, 0) is 19.1 Å². The van der Waals surface area contributed by atoms with Crippen molar-refractivity contribution in [2.75, 3.05) is 14.2 Å². The molecule has 1 aliphatic carbocycles. The lowest BCUT2D eigenvalue weighted by Crippen LogP contribution is -2.44. The molecule has 0 unspecified atom stereocenters. The van der Waals surface area contributed by atoms with Gasteiger partial charge in [-0.05, 0) is 30.0 Å². The van der Waals surface area contributed by atoms with Crippen LogP contribution in [0.2, 0.25) is 0 Å². The predicted molar refractivity (Wildman–Crippen MR) is 91.5 cm³/mol. The predicted octanol–water partition coefficient (Wildman–Crippen LogP) is 1.66. The number of ether oxygens (including phenoxy) is 2. The van der Waals surface area contributed by atoms with Crippen LogP contribution >= 0.6 is 0 Å². The van der Waals surface area contributed by atoms with Crippen molar-refractivity contribution in [3.05, 3.63) is 35.0 Å². The van der Waals surface area contributed by atoms with Gasteiger partial charge in [-0.2, -0.15) is 0 Å². The van der Waals surface area contributed by atoms with Gasteiger partial charge in [0.05, 0.1) is 14.2 Å². The van der Waals surface area contributed by atoms with Gasteiger partial charge in [-0.15, -0.1) is 0 Å². The van der Waals surface area contributed by atoms with Gasteiger partial charge in [-0.25, -0.2) is 0 Å². The summed E-state index contributed by atoms with van der Waals surface area (Å²) < 4.78 is 9.94. The van der Waals surface area contributed by atoms with Gasteiger partial charge in [0.1, 0.15) is 5.92 Å². The molecule has 26 heavy (non-hydrogen) atoms. The summed E-state index contributed by atoms with van der Waals surface area (Å²) in [6.45, 7) is 1.79. The highest BCUT2D eigenvalue weighted by atomic mass is 16.5. The summed E-state index contributed by atoms with van der Waals surface area (Å²) in [6, 6.07) is 4.74. The largest absolute Gasteiger partial charge is 0.504 e. The number of aromatic hydroxyl groups is 1. The van der Waals surface area contributed by atoms with Gasteiger partial charge in [0, 0.05) is 23.6 Å². The van der Waals surface area contributed by atoms with Gasteiger partial charge < -0.3 is 19.9 Å². The first kappa shape index (κ1) is 18.0. The Hall–Kier alpha value is -2.83. The van der Waals surface area contributed by atoms with E-state index in [9.17, 15) is 19.5 Å². The van der Waals surface area contributed by atoms with Crippen molar-refractivity contribution in [2.24, 2.45) is 11.8 Å². The number of ketones is 1. The Balaban J connectivity index is 2.08. The summed E-state index contributed by atoms with van der Waals surface area (Å²) in [6.07, 6.45) is 0.499. The quantitative estimate of drug-likeness (QED) is 0.629. The second kappa shape index (κ2) is 6.82. The summed E-state index contributed by atoms with van der Waals surface area (Å²) >= 11 is 0. The molecule has 1 aliphatic heterocycles. The van der Waals surface area contributed by atoms with Gasteiger partial charge in [0.25, 0.3) is 0 Å². The van der Waals surface area contributed by atoms with Crippen LogP contribution in [-0.4, -0.2) is 37.0 Å². The molecule has 0 aromatic heterocycles. The van der Waals surface area contributed by atoms with Crippen molar-refractivity contribution in [3.8, 4) is 11.5 Å². The van der Waals surface area contributed by atoms with Crippen molar-refractivity contribution < 1.29 is 29.0 Å². The number of phenolic OH excluding ortho intramolecular Hbond substituents is 1. The minimum absolute atomic E-state index is 0.0262. The van der Waals surface area contributed by atoms with Crippen LogP contribution in [0.15, 0.2) is 29.5 Å². The highest BCUT2D eigenvalue weighted by molar-refractivity contribution is 6.11. The second-order valence-electron chi connectivity index (χ2n) is 6.67. The first-order valence-corrected chi connectivity index (χ1v) is 8.39. The molecule has 2 N–H and O–H groups in total. The lowest BCUT2D eigenvalue weighted by molar-refractivity contribution is -0.151. The average Bonchev–Trinajstić information content (AvgIpc) is 2.60. The molecule has 1 amide bonds. The van der Waals surface area contributed by atoms with E-state index in [4.69, 9.17) is 9.47 Å². The fourth-order valence-electron chi connectivity index (χ4n) is 3.79. The van der Waals surface area contributed by atoms with E-state index >= 15 is 0 Å². The van der Waals surface area contributed by atoms with Gasteiger partial charge in [-0.1, -0.05) is 13.0 Å². The smallest absolute Gasteiger partial charge is 0.316 e. The van der Waals surface area contributed by atoms with Crippen LogP contribution in [0.25, 0.3) is 0 Å². The fourth-order valence-corrected chi connectivity index (χ4v) is 3.79. The van der Waals surface area contributed by atoms with Gasteiger partial charge in [-0.3, -0.25) is 14.4 Å². The van der Waals surface area contributed by atoms with Crippen LogP contribution in [0.4, 0.5) is 0 Å². The minimum Gasteiger partial charge on any atom is -0.504 e. The molecule has 0 bridgehead atoms. The molecule has 0 radical (unpaired) electrons. The van der Waals surface area contributed by atoms with E-state index < -0.39 is 17.8 Å². The fraction of sp³-hybridized carbons (Fsp3) is 0.421. The molecule has 3 rings (SSSR count). The molecule has 7 nitrogen and oxygen atoms in total. The van der Waals surface area contributed by atoms with Crippen LogP contribution < -0.4 is 10.1 Å². The molecule has 1 aromatic carbocycles. The molecule has 3 atom stereocenters. The zero-order chi connectivity index (χ0) is 19.0. The van der Waals surface area contributed by atoms with E-state index in [1.807, 2.05) is 0 Å². The SMILES string of the molecule is COC(=O)[C@H]1C(=O)C2=C(C[C@@H]1C)NC(=O)C[C@@H]2c1ccc(O)c(OC)c1. The standard InChI is InChI=1S/C19H21NO6/c1-9-6-12-17(18(23)16(9)19(24)26-3)11(8-15(22)20-12)10-4-5-13(21)14(7-10)25-2/h4-5,7,9,11,16,21H,6,8H2,1-3H3,(H,20,22)/t9-,11+,16+/m0/s1. The number of nitrogens with one attached hydrogen (secondary N) is 1. The summed E-state index contributed by atoms with van der Waals surface area (Å²) in [7, 11) is 2.69. The molecule has 2 aliphatic rings. The Morgan fingerprint density at radius 2 is 1.96 bits per heavy atom. The highest BCUT2D eigenvalue weighted by Crippen LogP contribution is 2.43. The Labute approximate surface area is 151 Å². The first-order valence-electron chi connectivity index (χ1n) is 8.39. The third-order valence-corrected chi connectivity index (χ3v) is 5.06. The number of hydrogen-bond acceptors (Lipinski definition) is 6. The topological polar surface area (TPSA) is 102 Å². The van der Waals surface area contributed by atoms with Crippen molar-refractivity contribution >= 4 is 17.7 Å². The molecule has 1 heterocycles. The molecule has 0 saturated heterocycles. The molecule has 0 spiro atoms. The van der Waals surface area contributed by atoms with Crippen molar-refractivity contribution in [2.45, 2.75) is 25.7 Å². The highest BCUT2D eigenvalue weighted by Gasteiger charge is 2.45. The van der Waals surface area contributed by atoms with E-state index in [1.165, 1.54) is 20.3 Å². The Morgan fingerprint density at radius 3 is 2.62 bits per heavy atom. The lowest BCUT2D eigenvalue weighted by atomic mass is 9.70. The van der Waals surface area contributed by atoms with Crippen molar-refractivity contribution in [1.82, 2.24) is 5.32 Å². The zero-order valence-corrected chi connectivity index (χ0v) is 14.9. The lowest BCUT2D eigenvalue weighted by Gasteiger charge is -2.36. The molecular weight excluding hydrogens is 338 g/mol. The summed E-state index contributed by atoms with van der Waals surface area (Å²) in [4.78, 5) is 37.4. The number of benzene rings is 1. The number of allylic oxidation sites excluding steroid dienone is 2. The Bertz CT molecular complexity index is 812. The van der Waals surface area contributed by atoms with E-state index in [0.29, 0.717) is 23.3 Å². The van der Waals surface area contributed by atoms with E-state index in [1.54, 1.807) is 19.1 Å². The normalized spacial score (nSPS) is 25.4. The number of rotatable bonds is 3. The number of esters is 1. The van der Waals surface area contributed by atoms with Crippen LogP contribution in [0.1, 0.15) is 31.2 Å². The Kier molecular flexibility index (Phi) is 4.71. The van der Waals surface area contributed by atoms with Crippen LogP contribution in [0.3, 0.4) is 0 Å². The van der Waals surface area contributed by atoms with E-state index in [2.05, 4.69) is 5.32 Å². The summed E-state index contributed by atoms with van der Waals surface area (Å²) in [5, 5.41) is 12.6. The summed E-state index contributed by atoms with van der Waals surface area (Å²) in [5.41, 5.74) is 1.68. The van der Waals surface area contributed by atoms with Gasteiger partial charge in [0.2, 0.25) is 5.91 Å². The number of phenols is 1. The van der Waals surface area contributed by atoms with Crippen LogP contribution in [0.5, 0.6) is 11.5 Å². The van der Waals surface area contributed by atoms with Crippen molar-refractivity contribution in [1.29, 1.82) is 0 Å². The van der Waals surface area contributed by atoms with Crippen LogP contribution in [0, 0.1) is 11.8 Å². The third-order valence-electron chi connectivity index (χ3n) is 5.06. The van der Waals surface area contributed by atoms with Gasteiger partial charge >= 0.3 is 5.97 Å². The monoisotopic (exact) mass is 359 g/mol. The number of hydrogen-bond donors (Lipinski definition) is 2. The molecule has 7 heteroatoms. The molecule has 138 valence electrons. The van der Waals surface area contributed by atoms with E-state index in [-0.39, 0.29) is 35.5 Å². The minimum atomic E-state index is -0.879. The first-order chi connectivity index (χ1) is 12.4. The zero-order valence-electron chi connectivity index (χ0n) is 14.9. The second-order valence-corrected chi connectivity index (χ2v) is 6.67. The molecular formula is C19H21NO6. The number of carbonyl (C=O) groups is 3. The number of Topliss-reactive ketones (excluding diaryl/α,β-unsaturated/α-hetero) is 1. The number of amides is 1. The molecule has 1 aromatic rings. The third kappa shape index (κ3) is 2.94. The van der Waals surface area contributed by atoms with E-state index in [0.717, 1.165) is 0 Å². The summed E-state index contributed by atoms with van der Waals surface area (Å²) in [5.74, 6) is -2.47. The Morgan fingerprint density at radius 1 is 1.23 bits per heavy atom. The van der Waals surface area contributed by atoms with Crippen molar-refractivity contribution in [3.63, 3.8) is 0 Å². The van der Waals surface area contributed by atoms with Gasteiger partial charge in [0.15, 0.2) is 17.3 Å². The molecule has 0 fully saturated rings.